The number of halogens is 1. The first kappa shape index (κ1) is 6.70. The van der Waals surface area contributed by atoms with Crippen LogP contribution in [0.1, 0.15) is 20.3 Å². The van der Waals surface area contributed by atoms with Gasteiger partial charge in [-0.25, -0.2) is 0 Å². The molecule has 1 atom stereocenters. The van der Waals surface area contributed by atoms with Crippen molar-refractivity contribution in [2.24, 2.45) is 0 Å². The van der Waals surface area contributed by atoms with Gasteiger partial charge in [0, 0.05) is 0 Å². The molecule has 0 rings (SSSR count). The second-order valence-corrected chi connectivity index (χ2v) is 4.00. The summed E-state index contributed by atoms with van der Waals surface area (Å²) in [5, 5.41) is 0. The molecule has 0 aromatic carbocycles. The Kier molecular flexibility index (Phi) is 4.32. The zero-order valence-corrected chi connectivity index (χ0v) is 6.75. The summed E-state index contributed by atoms with van der Waals surface area (Å²) >= 11 is 3.40. The van der Waals surface area contributed by atoms with Gasteiger partial charge in [-0.1, -0.05) is 20.3 Å². The normalized spacial score (nSPS) is 14.5. The number of rotatable bonds is 2. The molecule has 0 aromatic heterocycles. The van der Waals surface area contributed by atoms with Gasteiger partial charge in [-0.15, -0.1) is 15.3 Å². The van der Waals surface area contributed by atoms with Crippen molar-refractivity contribution >= 4 is 23.4 Å². The average Bonchev–Trinajstić information content (AvgIpc) is 1.65. The van der Waals surface area contributed by atoms with Crippen LogP contribution in [0.25, 0.3) is 0 Å². The maximum absolute atomic E-state index is 3.40. The molecule has 2 radical (unpaired) electrons. The van der Waals surface area contributed by atoms with E-state index in [4.69, 9.17) is 0 Å². The van der Waals surface area contributed by atoms with Gasteiger partial charge < -0.3 is 0 Å². The first-order valence-electron chi connectivity index (χ1n) is 2.17. The molecule has 0 aliphatic rings. The third-order valence-corrected chi connectivity index (χ3v) is 3.92. The highest BCUT2D eigenvalue weighted by Gasteiger charge is 1.92. The number of hydrogen-bond acceptors (Lipinski definition) is 0. The van der Waals surface area contributed by atoms with Gasteiger partial charge in [-0.2, -0.15) is 0 Å². The third-order valence-electron chi connectivity index (χ3n) is 0.799. The molecule has 0 saturated heterocycles. The Labute approximate surface area is 49.7 Å². The first-order chi connectivity index (χ1) is 2.81. The average molecular weight is 165 g/mol. The molecule has 0 N–H and O–H groups in total. The van der Waals surface area contributed by atoms with E-state index in [-0.39, 0.29) is 0 Å². The fourth-order valence-electron chi connectivity index (χ4n) is 0.0772. The minimum atomic E-state index is 0.880. The van der Waals surface area contributed by atoms with E-state index in [1.54, 1.807) is 0 Å². The second kappa shape index (κ2) is 3.87. The topological polar surface area (TPSA) is 0 Å². The van der Waals surface area contributed by atoms with E-state index >= 15 is 0 Å². The molecule has 36 valence electrons. The van der Waals surface area contributed by atoms with Gasteiger partial charge in [-0.05, 0) is 5.54 Å². The lowest BCUT2D eigenvalue weighted by molar-refractivity contribution is 0.878. The standard InChI is InChI=1S/C4H9BrSi/c1-3-4(2)6-5/h4H,3H2,1-2H3. The lowest BCUT2D eigenvalue weighted by Crippen LogP contribution is -1.86. The van der Waals surface area contributed by atoms with Gasteiger partial charge >= 0.3 is 0 Å². The van der Waals surface area contributed by atoms with Crippen molar-refractivity contribution in [3.63, 3.8) is 0 Å². The van der Waals surface area contributed by atoms with Crippen molar-refractivity contribution < 1.29 is 0 Å². The largest absolute Gasteiger partial charge is 0.140 e. The highest BCUT2D eigenvalue weighted by Crippen LogP contribution is 2.07. The summed E-state index contributed by atoms with van der Waals surface area (Å²) in [6.45, 7) is 4.45. The fourth-order valence-corrected chi connectivity index (χ4v) is 1.20. The molecule has 0 bridgehead atoms. The van der Waals surface area contributed by atoms with Crippen LogP contribution in [0.3, 0.4) is 0 Å². The Balaban J connectivity index is 2.75. The van der Waals surface area contributed by atoms with Crippen LogP contribution in [0.2, 0.25) is 5.54 Å². The van der Waals surface area contributed by atoms with Crippen LogP contribution in [0.5, 0.6) is 0 Å². The first-order valence-corrected chi connectivity index (χ1v) is 5.50. The minimum Gasteiger partial charge on any atom is -0.131 e. The van der Waals surface area contributed by atoms with Crippen LogP contribution >= 0.6 is 15.3 Å². The van der Waals surface area contributed by atoms with Crippen LogP contribution in [0, 0.1) is 0 Å². The van der Waals surface area contributed by atoms with Gasteiger partial charge in [0.15, 0.2) is 0 Å². The highest BCUT2D eigenvalue weighted by molar-refractivity contribution is 9.23. The zero-order chi connectivity index (χ0) is 4.99. The highest BCUT2D eigenvalue weighted by atomic mass is 79.9. The van der Waals surface area contributed by atoms with Crippen molar-refractivity contribution in [3.8, 4) is 0 Å². The third kappa shape index (κ3) is 2.91. The molecule has 0 aromatic rings. The van der Waals surface area contributed by atoms with Crippen LogP contribution in [0.4, 0.5) is 0 Å². The van der Waals surface area contributed by atoms with Crippen molar-refractivity contribution in [1.82, 2.24) is 0 Å². The van der Waals surface area contributed by atoms with Gasteiger partial charge in [0.2, 0.25) is 0 Å². The Hall–Kier alpha value is 0.697. The molecule has 0 saturated carbocycles. The lowest BCUT2D eigenvalue weighted by atomic mass is 10.4. The fraction of sp³-hybridized carbons (Fsp3) is 1.00. The predicted molar refractivity (Wildman–Crippen MR) is 34.4 cm³/mol. The van der Waals surface area contributed by atoms with E-state index in [0.717, 1.165) is 13.7 Å². The molecule has 0 fully saturated rings. The van der Waals surface area contributed by atoms with E-state index in [1.807, 2.05) is 0 Å². The monoisotopic (exact) mass is 164 g/mol. The summed E-state index contributed by atoms with van der Waals surface area (Å²) < 4.78 is 0. The SMILES string of the molecule is CCC(C)[Si]Br. The summed E-state index contributed by atoms with van der Waals surface area (Å²) in [6.07, 6.45) is 1.30. The maximum Gasteiger partial charge on any atom is 0.140 e. The van der Waals surface area contributed by atoms with Gasteiger partial charge in [0.1, 0.15) is 8.14 Å². The molecule has 0 amide bonds. The van der Waals surface area contributed by atoms with E-state index in [2.05, 4.69) is 29.1 Å². The molecule has 2 heteroatoms. The smallest absolute Gasteiger partial charge is 0.131 e. The summed E-state index contributed by atoms with van der Waals surface area (Å²) in [6, 6.07) is 0. The van der Waals surface area contributed by atoms with E-state index in [0.29, 0.717) is 0 Å². The molecule has 0 aliphatic carbocycles. The molecule has 0 spiro atoms. The number of hydrogen-bond donors (Lipinski definition) is 0. The van der Waals surface area contributed by atoms with Gasteiger partial charge in [-0.3, -0.25) is 0 Å². The molecule has 0 heterocycles. The predicted octanol–water partition coefficient (Wildman–Crippen LogP) is 2.22. The second-order valence-electron chi connectivity index (χ2n) is 1.42. The Morgan fingerprint density at radius 3 is 2.33 bits per heavy atom. The molecule has 6 heavy (non-hydrogen) atoms. The van der Waals surface area contributed by atoms with Crippen molar-refractivity contribution in [2.45, 2.75) is 25.8 Å². The summed E-state index contributed by atoms with van der Waals surface area (Å²) in [5.41, 5.74) is 0.880. The van der Waals surface area contributed by atoms with Crippen LogP contribution in [-0.4, -0.2) is 8.14 Å². The van der Waals surface area contributed by atoms with E-state index in [1.165, 1.54) is 6.42 Å². The lowest BCUT2D eigenvalue weighted by Gasteiger charge is -1.95. The van der Waals surface area contributed by atoms with E-state index < -0.39 is 0 Å². The Morgan fingerprint density at radius 2 is 2.33 bits per heavy atom. The molecule has 0 nitrogen and oxygen atoms in total. The van der Waals surface area contributed by atoms with Crippen molar-refractivity contribution in [2.75, 3.05) is 0 Å². The van der Waals surface area contributed by atoms with Gasteiger partial charge in [0.05, 0.1) is 0 Å². The van der Waals surface area contributed by atoms with E-state index in [9.17, 15) is 0 Å². The van der Waals surface area contributed by atoms with Crippen molar-refractivity contribution in [3.05, 3.63) is 0 Å². The maximum atomic E-state index is 3.40. The van der Waals surface area contributed by atoms with Crippen molar-refractivity contribution in [1.29, 1.82) is 0 Å². The molecule has 1 unspecified atom stereocenters. The zero-order valence-electron chi connectivity index (χ0n) is 4.16. The summed E-state index contributed by atoms with van der Waals surface area (Å²) in [7, 11) is 0.944. The minimum absolute atomic E-state index is 0.880. The summed E-state index contributed by atoms with van der Waals surface area (Å²) in [5.74, 6) is 0. The Morgan fingerprint density at radius 1 is 1.83 bits per heavy atom. The Bertz CT molecular complexity index is 26.7. The van der Waals surface area contributed by atoms with Gasteiger partial charge in [0.25, 0.3) is 0 Å². The van der Waals surface area contributed by atoms with Crippen LogP contribution in [0.15, 0.2) is 0 Å². The quantitative estimate of drug-likeness (QED) is 0.434. The molecular weight excluding hydrogens is 156 g/mol. The van der Waals surface area contributed by atoms with Crippen LogP contribution < -0.4 is 0 Å². The van der Waals surface area contributed by atoms with Crippen LogP contribution in [-0.2, 0) is 0 Å². The summed E-state index contributed by atoms with van der Waals surface area (Å²) in [4.78, 5) is 0. The molecule has 0 aliphatic heterocycles. The molecular formula is C4H9BrSi.